The van der Waals surface area contributed by atoms with E-state index in [1.807, 2.05) is 54.6 Å². The lowest BCUT2D eigenvalue weighted by Crippen LogP contribution is -2.16. The lowest BCUT2D eigenvalue weighted by Gasteiger charge is -2.10. The van der Waals surface area contributed by atoms with Crippen molar-refractivity contribution < 1.29 is 18.3 Å². The maximum absolute atomic E-state index is 13.1. The molecule has 0 aliphatic heterocycles. The second-order valence-corrected chi connectivity index (χ2v) is 6.15. The van der Waals surface area contributed by atoms with Crippen LogP contribution < -0.4 is 15.4 Å². The van der Waals surface area contributed by atoms with Crippen LogP contribution in [0.5, 0.6) is 5.75 Å². The topological polar surface area (TPSA) is 50.4 Å². The molecule has 0 saturated heterocycles. The largest absolute Gasteiger partial charge is 0.489 e. The summed E-state index contributed by atoms with van der Waals surface area (Å²) in [6.07, 6.45) is 0.186. The van der Waals surface area contributed by atoms with E-state index in [4.69, 9.17) is 4.74 Å². The minimum Gasteiger partial charge on any atom is -0.489 e. The van der Waals surface area contributed by atoms with E-state index in [1.54, 1.807) is 0 Å². The van der Waals surface area contributed by atoms with E-state index in [-0.39, 0.29) is 18.0 Å². The van der Waals surface area contributed by atoms with Crippen LogP contribution in [0.2, 0.25) is 0 Å². The zero-order valence-corrected chi connectivity index (χ0v) is 15.1. The quantitative estimate of drug-likeness (QED) is 0.577. The summed E-state index contributed by atoms with van der Waals surface area (Å²) in [6.45, 7) is 0.900. The number of anilines is 2. The molecule has 4 nitrogen and oxygen atoms in total. The Kier molecular flexibility index (Phi) is 6.57. The van der Waals surface area contributed by atoms with E-state index in [1.165, 1.54) is 6.07 Å². The third-order valence-corrected chi connectivity index (χ3v) is 3.99. The van der Waals surface area contributed by atoms with Gasteiger partial charge in [0.1, 0.15) is 12.4 Å². The fourth-order valence-electron chi connectivity index (χ4n) is 2.53. The summed E-state index contributed by atoms with van der Waals surface area (Å²) in [7, 11) is 0. The summed E-state index contributed by atoms with van der Waals surface area (Å²) in [5.74, 6) is -1.48. The highest BCUT2D eigenvalue weighted by Crippen LogP contribution is 2.17. The van der Waals surface area contributed by atoms with Gasteiger partial charge in [-0.15, -0.1) is 0 Å². The number of halogens is 2. The minimum absolute atomic E-state index is 0.186. The van der Waals surface area contributed by atoms with Gasteiger partial charge in [-0.2, -0.15) is 0 Å². The predicted octanol–water partition coefficient (Wildman–Crippen LogP) is 4.98. The molecule has 0 radical (unpaired) electrons. The van der Waals surface area contributed by atoms with Crippen molar-refractivity contribution in [1.82, 2.24) is 0 Å². The molecule has 1 amide bonds. The Morgan fingerprint density at radius 3 is 2.29 bits per heavy atom. The second kappa shape index (κ2) is 9.50. The van der Waals surface area contributed by atoms with E-state index in [9.17, 15) is 13.6 Å². The fraction of sp³-hybridized carbons (Fsp3) is 0.136. The van der Waals surface area contributed by atoms with Crippen LogP contribution in [0.15, 0.2) is 72.8 Å². The highest BCUT2D eigenvalue weighted by molar-refractivity contribution is 5.90. The summed E-state index contributed by atoms with van der Waals surface area (Å²) in [5, 5.41) is 5.66. The van der Waals surface area contributed by atoms with Gasteiger partial charge in [0.2, 0.25) is 5.91 Å². The van der Waals surface area contributed by atoms with Crippen molar-refractivity contribution in [2.24, 2.45) is 0 Å². The fourth-order valence-corrected chi connectivity index (χ4v) is 2.53. The summed E-state index contributed by atoms with van der Waals surface area (Å²) >= 11 is 0. The van der Waals surface area contributed by atoms with Gasteiger partial charge in [-0.25, -0.2) is 8.78 Å². The summed E-state index contributed by atoms with van der Waals surface area (Å²) in [4.78, 5) is 11.9. The number of benzene rings is 3. The number of hydrogen-bond donors (Lipinski definition) is 2. The molecule has 28 heavy (non-hydrogen) atoms. The first-order valence-electron chi connectivity index (χ1n) is 8.86. The van der Waals surface area contributed by atoms with E-state index < -0.39 is 11.6 Å². The molecule has 6 heteroatoms. The lowest BCUT2D eigenvalue weighted by atomic mass is 10.2. The maximum Gasteiger partial charge on any atom is 0.226 e. The van der Waals surface area contributed by atoms with Gasteiger partial charge in [-0.05, 0) is 42.0 Å². The highest BCUT2D eigenvalue weighted by atomic mass is 19.2. The van der Waals surface area contributed by atoms with Crippen molar-refractivity contribution in [2.75, 3.05) is 17.2 Å². The molecule has 0 unspecified atom stereocenters. The number of ether oxygens (including phenoxy) is 1. The molecule has 3 aromatic rings. The zero-order valence-electron chi connectivity index (χ0n) is 15.1. The Morgan fingerprint density at radius 2 is 1.57 bits per heavy atom. The van der Waals surface area contributed by atoms with Gasteiger partial charge in [0, 0.05) is 30.4 Å². The molecule has 0 aliphatic carbocycles. The predicted molar refractivity (Wildman–Crippen MR) is 105 cm³/mol. The first kappa shape index (κ1) is 19.4. The van der Waals surface area contributed by atoms with E-state index in [2.05, 4.69) is 10.6 Å². The third kappa shape index (κ3) is 5.81. The molecule has 3 rings (SSSR count). The number of nitrogens with one attached hydrogen (secondary N) is 2. The first-order chi connectivity index (χ1) is 13.6. The molecule has 0 saturated carbocycles. The monoisotopic (exact) mass is 382 g/mol. The van der Waals surface area contributed by atoms with Gasteiger partial charge >= 0.3 is 0 Å². The Balaban J connectivity index is 1.40. The molecule has 0 aromatic heterocycles. The van der Waals surface area contributed by atoms with Gasteiger partial charge in [0.05, 0.1) is 0 Å². The number of carbonyl (C=O) groups excluding carboxylic acids is 1. The van der Waals surface area contributed by atoms with Gasteiger partial charge < -0.3 is 15.4 Å². The van der Waals surface area contributed by atoms with E-state index >= 15 is 0 Å². The van der Waals surface area contributed by atoms with Crippen LogP contribution in [-0.2, 0) is 11.4 Å². The van der Waals surface area contributed by atoms with Crippen LogP contribution in [0.3, 0.4) is 0 Å². The van der Waals surface area contributed by atoms with Crippen molar-refractivity contribution >= 4 is 17.3 Å². The Hall–Kier alpha value is -3.41. The standard InChI is InChI=1S/C22H20F2N2O2/c23-20-11-8-18(14-21(20)24)26-22(27)12-13-25-17-6-9-19(10-7-17)28-15-16-4-2-1-3-5-16/h1-11,14,25H,12-13,15H2,(H,26,27). The van der Waals surface area contributed by atoms with Gasteiger partial charge in [0.25, 0.3) is 0 Å². The Morgan fingerprint density at radius 1 is 0.857 bits per heavy atom. The number of rotatable bonds is 8. The van der Waals surface area contributed by atoms with Crippen LogP contribution >= 0.6 is 0 Å². The molecule has 0 spiro atoms. The number of amides is 1. The van der Waals surface area contributed by atoms with Crippen molar-refractivity contribution in [2.45, 2.75) is 13.0 Å². The van der Waals surface area contributed by atoms with Crippen molar-refractivity contribution in [3.63, 3.8) is 0 Å². The van der Waals surface area contributed by atoms with Crippen LogP contribution in [-0.4, -0.2) is 12.5 Å². The summed E-state index contributed by atoms with van der Waals surface area (Å²) < 4.78 is 31.7. The molecule has 0 atom stereocenters. The number of hydrogen-bond acceptors (Lipinski definition) is 3. The van der Waals surface area contributed by atoms with E-state index in [0.29, 0.717) is 13.2 Å². The lowest BCUT2D eigenvalue weighted by molar-refractivity contribution is -0.115. The summed E-state index contributed by atoms with van der Waals surface area (Å²) in [5.41, 5.74) is 2.17. The third-order valence-electron chi connectivity index (χ3n) is 3.99. The van der Waals surface area contributed by atoms with Crippen molar-refractivity contribution in [3.05, 3.63) is 90.0 Å². The molecule has 0 heterocycles. The first-order valence-corrected chi connectivity index (χ1v) is 8.86. The smallest absolute Gasteiger partial charge is 0.226 e. The van der Waals surface area contributed by atoms with Crippen LogP contribution in [0.1, 0.15) is 12.0 Å². The molecular weight excluding hydrogens is 362 g/mol. The van der Waals surface area contributed by atoms with E-state index in [0.717, 1.165) is 29.1 Å². The normalized spacial score (nSPS) is 10.4. The highest BCUT2D eigenvalue weighted by Gasteiger charge is 2.06. The van der Waals surface area contributed by atoms with Crippen LogP contribution in [0.25, 0.3) is 0 Å². The second-order valence-electron chi connectivity index (χ2n) is 6.15. The molecule has 3 aromatic carbocycles. The SMILES string of the molecule is O=C(CCNc1ccc(OCc2ccccc2)cc1)Nc1ccc(F)c(F)c1. The average Bonchev–Trinajstić information content (AvgIpc) is 2.71. The molecule has 0 bridgehead atoms. The molecular formula is C22H20F2N2O2. The van der Waals surface area contributed by atoms with Crippen molar-refractivity contribution in [1.29, 1.82) is 0 Å². The molecule has 2 N–H and O–H groups in total. The molecule has 144 valence electrons. The van der Waals surface area contributed by atoms with Crippen molar-refractivity contribution in [3.8, 4) is 5.75 Å². The Labute approximate surface area is 162 Å². The maximum atomic E-state index is 13.1. The van der Waals surface area contributed by atoms with Gasteiger partial charge in [-0.3, -0.25) is 4.79 Å². The molecule has 0 fully saturated rings. The molecule has 0 aliphatic rings. The average molecular weight is 382 g/mol. The van der Waals surface area contributed by atoms with Crippen LogP contribution in [0, 0.1) is 11.6 Å². The Bertz CT molecular complexity index is 916. The minimum atomic E-state index is -0.995. The van der Waals surface area contributed by atoms with Crippen LogP contribution in [0.4, 0.5) is 20.2 Å². The zero-order chi connectivity index (χ0) is 19.8. The summed E-state index contributed by atoms with van der Waals surface area (Å²) in [6, 6.07) is 20.6. The van der Waals surface area contributed by atoms with Gasteiger partial charge in [0.15, 0.2) is 11.6 Å². The number of carbonyl (C=O) groups is 1. The van der Waals surface area contributed by atoms with Gasteiger partial charge in [-0.1, -0.05) is 30.3 Å².